The zero-order valence-electron chi connectivity index (χ0n) is 24.8. The number of para-hydroxylation sites is 2. The molecule has 0 amide bonds. The summed E-state index contributed by atoms with van der Waals surface area (Å²) in [5, 5.41) is 0. The Balaban J connectivity index is 1.51. The fourth-order valence-electron chi connectivity index (χ4n) is 9.67. The first-order valence-corrected chi connectivity index (χ1v) is 15.5. The molecule has 0 spiro atoms. The molecule has 1 nitrogen and oxygen atoms in total. The van der Waals surface area contributed by atoms with Crippen molar-refractivity contribution >= 4 is 11.4 Å². The number of nitrogens with zero attached hydrogens (tertiary/aromatic N) is 1. The first-order chi connectivity index (χ1) is 20.5. The fraction of sp³-hybridized carbons (Fsp3) is 0.268. The van der Waals surface area contributed by atoms with E-state index in [4.69, 9.17) is 6.58 Å². The van der Waals surface area contributed by atoms with Gasteiger partial charge in [0, 0.05) is 16.9 Å². The maximum atomic E-state index is 4.86. The van der Waals surface area contributed by atoms with Crippen LogP contribution in [0.15, 0.2) is 158 Å². The van der Waals surface area contributed by atoms with Crippen molar-refractivity contribution in [3.63, 3.8) is 0 Å². The molecule has 4 aliphatic rings. The van der Waals surface area contributed by atoms with Gasteiger partial charge in [0.25, 0.3) is 0 Å². The van der Waals surface area contributed by atoms with E-state index >= 15 is 0 Å². The number of hydrogen-bond donors (Lipinski definition) is 0. The number of benzene rings is 4. The highest BCUT2D eigenvalue weighted by atomic mass is 15.2. The van der Waals surface area contributed by atoms with Gasteiger partial charge in [-0.05, 0) is 103 Å². The van der Waals surface area contributed by atoms with E-state index in [0.717, 1.165) is 32.1 Å². The minimum Gasteiger partial charge on any atom is -0.335 e. The Morgan fingerprint density at radius 2 is 1.02 bits per heavy atom. The first-order valence-electron chi connectivity index (χ1n) is 15.5. The summed E-state index contributed by atoms with van der Waals surface area (Å²) < 4.78 is 0. The van der Waals surface area contributed by atoms with E-state index in [1.165, 1.54) is 34.5 Å². The zero-order valence-corrected chi connectivity index (χ0v) is 24.8. The number of hydrogen-bond acceptors (Lipinski definition) is 1. The quantitative estimate of drug-likeness (QED) is 0.198. The second-order valence-electron chi connectivity index (χ2n) is 13.3. The standard InChI is InChI=1S/C41H41N/c1-3-4-9-18-33(2)38-27-39(34-19-10-5-11-20-34)29-40(28-38,35-21-12-6-13-22-35)32-41(30-38,31-39)42(36-23-14-7-15-24-36)37-25-16-8-17-26-37/h3-26H,2,27-32H2,1H3/b4-3-,18-9-/t38?,39-,40?,41?/m1/s1. The van der Waals surface area contributed by atoms with Gasteiger partial charge in [-0.25, -0.2) is 0 Å². The summed E-state index contributed by atoms with van der Waals surface area (Å²) in [6, 6.07) is 45.2. The third kappa shape index (κ3) is 4.29. The summed E-state index contributed by atoms with van der Waals surface area (Å²) in [6.07, 6.45) is 15.6. The number of rotatable bonds is 8. The molecule has 4 fully saturated rings. The van der Waals surface area contributed by atoms with E-state index in [1.54, 1.807) is 0 Å². The summed E-state index contributed by atoms with van der Waals surface area (Å²) in [4.78, 5) is 2.73. The Morgan fingerprint density at radius 3 is 1.48 bits per heavy atom. The van der Waals surface area contributed by atoms with Crippen LogP contribution >= 0.6 is 0 Å². The number of anilines is 2. The Kier molecular flexibility index (Phi) is 6.58. The molecule has 4 aromatic rings. The smallest absolute Gasteiger partial charge is 0.0477 e. The molecule has 4 atom stereocenters. The van der Waals surface area contributed by atoms with Crippen molar-refractivity contribution in [1.29, 1.82) is 0 Å². The lowest BCUT2D eigenvalue weighted by Gasteiger charge is -2.73. The molecule has 0 aliphatic heterocycles. The molecule has 0 radical (unpaired) electrons. The van der Waals surface area contributed by atoms with E-state index in [-0.39, 0.29) is 21.8 Å². The normalized spacial score (nSPS) is 29.7. The molecule has 0 N–H and O–H groups in total. The molecule has 4 bridgehead atoms. The van der Waals surface area contributed by atoms with E-state index in [1.807, 2.05) is 0 Å². The molecule has 8 rings (SSSR count). The van der Waals surface area contributed by atoms with Crippen molar-refractivity contribution in [2.45, 2.75) is 61.8 Å². The maximum absolute atomic E-state index is 4.86. The largest absolute Gasteiger partial charge is 0.335 e. The van der Waals surface area contributed by atoms with Crippen LogP contribution in [0.1, 0.15) is 56.6 Å². The zero-order chi connectivity index (χ0) is 28.7. The van der Waals surface area contributed by atoms with Gasteiger partial charge >= 0.3 is 0 Å². The summed E-state index contributed by atoms with van der Waals surface area (Å²) in [7, 11) is 0. The second-order valence-corrected chi connectivity index (χ2v) is 13.3. The van der Waals surface area contributed by atoms with Gasteiger partial charge < -0.3 is 4.90 Å². The van der Waals surface area contributed by atoms with Crippen molar-refractivity contribution < 1.29 is 0 Å². The predicted octanol–water partition coefficient (Wildman–Crippen LogP) is 10.5. The third-order valence-corrected chi connectivity index (χ3v) is 10.6. The minimum absolute atomic E-state index is 0.0136. The van der Waals surface area contributed by atoms with Gasteiger partial charge in [-0.1, -0.05) is 128 Å². The Morgan fingerprint density at radius 1 is 0.571 bits per heavy atom. The van der Waals surface area contributed by atoms with E-state index in [0.29, 0.717) is 0 Å². The van der Waals surface area contributed by atoms with Crippen molar-refractivity contribution in [2.24, 2.45) is 5.41 Å². The lowest BCUT2D eigenvalue weighted by Crippen LogP contribution is -2.71. The summed E-state index contributed by atoms with van der Waals surface area (Å²) in [5.74, 6) is 0. The fourth-order valence-corrected chi connectivity index (χ4v) is 9.67. The molecule has 4 aromatic carbocycles. The molecule has 0 saturated heterocycles. The van der Waals surface area contributed by atoms with Crippen LogP contribution in [-0.2, 0) is 10.8 Å². The van der Waals surface area contributed by atoms with Crippen molar-refractivity contribution in [1.82, 2.24) is 0 Å². The predicted molar refractivity (Wildman–Crippen MR) is 177 cm³/mol. The summed E-state index contributed by atoms with van der Waals surface area (Å²) in [6.45, 7) is 6.95. The van der Waals surface area contributed by atoms with Crippen molar-refractivity contribution in [3.05, 3.63) is 169 Å². The summed E-state index contributed by atoms with van der Waals surface area (Å²) in [5.41, 5.74) is 6.82. The van der Waals surface area contributed by atoms with Crippen LogP contribution in [0.2, 0.25) is 0 Å². The van der Waals surface area contributed by atoms with Gasteiger partial charge in [0.05, 0.1) is 0 Å². The van der Waals surface area contributed by atoms with E-state index in [9.17, 15) is 0 Å². The van der Waals surface area contributed by atoms with Gasteiger partial charge in [0.2, 0.25) is 0 Å². The monoisotopic (exact) mass is 547 g/mol. The third-order valence-electron chi connectivity index (χ3n) is 10.6. The van der Waals surface area contributed by atoms with Crippen molar-refractivity contribution in [2.75, 3.05) is 4.90 Å². The Bertz CT molecular complexity index is 1500. The molecular formula is C41H41N. The average Bonchev–Trinajstić information content (AvgIpc) is 3.02. The van der Waals surface area contributed by atoms with E-state index in [2.05, 4.69) is 157 Å². The van der Waals surface area contributed by atoms with Crippen LogP contribution in [0, 0.1) is 5.41 Å². The second kappa shape index (κ2) is 10.3. The molecule has 0 heterocycles. The van der Waals surface area contributed by atoms with E-state index < -0.39 is 0 Å². The van der Waals surface area contributed by atoms with Crippen LogP contribution in [0.4, 0.5) is 11.4 Å². The maximum Gasteiger partial charge on any atom is 0.0477 e. The highest BCUT2D eigenvalue weighted by molar-refractivity contribution is 5.68. The topological polar surface area (TPSA) is 3.24 Å². The molecule has 42 heavy (non-hydrogen) atoms. The van der Waals surface area contributed by atoms with Crippen molar-refractivity contribution in [3.8, 4) is 0 Å². The van der Waals surface area contributed by atoms with Crippen LogP contribution in [0.5, 0.6) is 0 Å². The SMILES string of the molecule is C=C(/C=C\C=C/C)C12CC3(c4ccccc4)CC(N(c4ccccc4)c4ccccc4)(C1)C[C@@](c1ccccc1)(C2)C3. The van der Waals surface area contributed by atoms with Crippen LogP contribution in [0.3, 0.4) is 0 Å². The van der Waals surface area contributed by atoms with Gasteiger partial charge in [-0.15, -0.1) is 0 Å². The lowest BCUT2D eigenvalue weighted by atomic mass is 9.34. The summed E-state index contributed by atoms with van der Waals surface area (Å²) >= 11 is 0. The van der Waals surface area contributed by atoms with Gasteiger partial charge in [0.15, 0.2) is 0 Å². The molecule has 0 aromatic heterocycles. The van der Waals surface area contributed by atoms with Gasteiger partial charge in [-0.3, -0.25) is 0 Å². The molecule has 3 unspecified atom stereocenters. The minimum atomic E-state index is -0.0828. The van der Waals surface area contributed by atoms with Crippen LogP contribution < -0.4 is 4.90 Å². The van der Waals surface area contributed by atoms with Gasteiger partial charge in [0.1, 0.15) is 0 Å². The highest BCUT2D eigenvalue weighted by Gasteiger charge is 2.70. The average molecular weight is 548 g/mol. The first kappa shape index (κ1) is 26.8. The Hall–Kier alpha value is -4.10. The molecular weight excluding hydrogens is 506 g/mol. The number of allylic oxidation sites excluding steroid dienone is 5. The molecule has 1 heteroatoms. The van der Waals surface area contributed by atoms with Gasteiger partial charge in [-0.2, -0.15) is 0 Å². The molecule has 4 aliphatic carbocycles. The highest BCUT2D eigenvalue weighted by Crippen LogP contribution is 2.75. The van der Waals surface area contributed by atoms with Crippen LogP contribution in [-0.4, -0.2) is 5.54 Å². The lowest BCUT2D eigenvalue weighted by molar-refractivity contribution is -0.0828. The van der Waals surface area contributed by atoms with Crippen LogP contribution in [0.25, 0.3) is 0 Å². The molecule has 210 valence electrons. The molecule has 4 saturated carbocycles. The Labute approximate surface area is 251 Å².